The predicted octanol–water partition coefficient (Wildman–Crippen LogP) is 2.41. The van der Waals surface area contributed by atoms with Crippen molar-refractivity contribution in [2.45, 2.75) is 57.2 Å². The molecule has 3 aliphatic carbocycles. The van der Waals surface area contributed by atoms with Crippen LogP contribution in [0, 0.1) is 17.8 Å². The van der Waals surface area contributed by atoms with Gasteiger partial charge in [0.2, 0.25) is 0 Å². The van der Waals surface area contributed by atoms with E-state index in [1.807, 2.05) is 12.2 Å². The van der Waals surface area contributed by atoms with Crippen molar-refractivity contribution in [2.24, 2.45) is 17.8 Å². The Morgan fingerprint density at radius 3 is 2.65 bits per heavy atom. The fourth-order valence-corrected chi connectivity index (χ4v) is 3.86. The minimum Gasteiger partial charge on any atom is -0.438 e. The molecule has 0 saturated heterocycles. The van der Waals surface area contributed by atoms with Crippen LogP contribution in [0.5, 0.6) is 0 Å². The molecule has 0 aliphatic heterocycles. The lowest BCUT2D eigenvalue weighted by molar-refractivity contribution is -0.180. The van der Waals surface area contributed by atoms with Gasteiger partial charge in [-0.2, -0.15) is 0 Å². The molecule has 0 aromatic carbocycles. The van der Waals surface area contributed by atoms with Gasteiger partial charge in [0, 0.05) is 11.8 Å². The highest BCUT2D eigenvalue weighted by Gasteiger charge is 2.47. The zero-order chi connectivity index (χ0) is 14.2. The van der Waals surface area contributed by atoms with E-state index in [1.54, 1.807) is 0 Å². The Hall–Kier alpha value is -0.870. The second kappa shape index (κ2) is 5.49. The first-order valence-corrected chi connectivity index (χ1v) is 7.76. The molecular weight excluding hydrogens is 256 g/mol. The predicted molar refractivity (Wildman–Crippen MR) is 73.8 cm³/mol. The Labute approximate surface area is 120 Å². The molecule has 2 fully saturated rings. The highest BCUT2D eigenvalue weighted by atomic mass is 16.7. The Balaban J connectivity index is 1.45. The van der Waals surface area contributed by atoms with Crippen molar-refractivity contribution in [3.63, 3.8) is 0 Å². The molecule has 0 radical (unpaired) electrons. The quantitative estimate of drug-likeness (QED) is 0.488. The number of hydrogen-bond acceptors (Lipinski definition) is 4. The van der Waals surface area contributed by atoms with Crippen LogP contribution in [0.25, 0.3) is 0 Å². The molecule has 3 rings (SSSR count). The fourth-order valence-electron chi connectivity index (χ4n) is 3.86. The van der Waals surface area contributed by atoms with Gasteiger partial charge in [0.15, 0.2) is 6.79 Å². The molecule has 4 unspecified atom stereocenters. The minimum atomic E-state index is -0.399. The molecule has 0 heterocycles. The van der Waals surface area contributed by atoms with Crippen molar-refractivity contribution in [3.8, 4) is 0 Å². The van der Waals surface area contributed by atoms with Crippen LogP contribution in [0.1, 0.15) is 45.4 Å². The molecule has 0 aromatic heterocycles. The van der Waals surface area contributed by atoms with Gasteiger partial charge in [-0.05, 0) is 26.2 Å². The largest absolute Gasteiger partial charge is 0.438 e. The number of carbonyl (C=O) groups excluding carboxylic acids is 1. The summed E-state index contributed by atoms with van der Waals surface area (Å²) in [5.74, 6) is -0.338. The van der Waals surface area contributed by atoms with Gasteiger partial charge in [-0.3, -0.25) is 4.79 Å². The molecule has 0 amide bonds. The number of carbonyl (C=O) groups is 1. The second-order valence-electron chi connectivity index (χ2n) is 6.70. The summed E-state index contributed by atoms with van der Waals surface area (Å²) in [7, 11) is 0. The molecule has 4 atom stereocenters. The van der Waals surface area contributed by atoms with Crippen LogP contribution in [-0.4, -0.2) is 29.6 Å². The Kier molecular flexibility index (Phi) is 3.87. The number of esters is 1. The zero-order valence-electron chi connectivity index (χ0n) is 12.1. The van der Waals surface area contributed by atoms with Crippen molar-refractivity contribution >= 4 is 5.97 Å². The third-order valence-corrected chi connectivity index (χ3v) is 5.23. The SMILES string of the molecule is CC1(OCOC(=O)C2CC3C=CC2C3O)CCCCC1. The lowest BCUT2D eigenvalue weighted by atomic mass is 9.86. The average Bonchev–Trinajstić information content (AvgIpc) is 2.95. The third-order valence-electron chi connectivity index (χ3n) is 5.23. The van der Waals surface area contributed by atoms with Gasteiger partial charge in [-0.15, -0.1) is 0 Å². The van der Waals surface area contributed by atoms with Crippen LogP contribution in [0.2, 0.25) is 0 Å². The Morgan fingerprint density at radius 1 is 1.30 bits per heavy atom. The molecule has 20 heavy (non-hydrogen) atoms. The van der Waals surface area contributed by atoms with E-state index in [9.17, 15) is 9.90 Å². The molecule has 0 spiro atoms. The van der Waals surface area contributed by atoms with Gasteiger partial charge in [0.05, 0.1) is 17.6 Å². The van der Waals surface area contributed by atoms with Crippen LogP contribution in [-0.2, 0) is 14.3 Å². The first-order chi connectivity index (χ1) is 9.59. The molecular formula is C16H24O4. The van der Waals surface area contributed by atoms with E-state index in [-0.39, 0.29) is 36.1 Å². The van der Waals surface area contributed by atoms with Gasteiger partial charge in [0.25, 0.3) is 0 Å². The summed E-state index contributed by atoms with van der Waals surface area (Å²) >= 11 is 0. The highest BCUT2D eigenvalue weighted by Crippen LogP contribution is 2.44. The maximum atomic E-state index is 12.1. The average molecular weight is 280 g/mol. The van der Waals surface area contributed by atoms with Crippen LogP contribution in [0.15, 0.2) is 12.2 Å². The van der Waals surface area contributed by atoms with Crippen molar-refractivity contribution < 1.29 is 19.4 Å². The van der Waals surface area contributed by atoms with Crippen LogP contribution in [0.4, 0.5) is 0 Å². The number of ether oxygens (including phenoxy) is 2. The maximum Gasteiger partial charge on any atom is 0.311 e. The van der Waals surface area contributed by atoms with Gasteiger partial charge in [0.1, 0.15) is 0 Å². The number of hydrogen-bond donors (Lipinski definition) is 1. The molecule has 2 saturated carbocycles. The number of aliphatic hydroxyl groups is 1. The smallest absolute Gasteiger partial charge is 0.311 e. The van der Waals surface area contributed by atoms with E-state index in [0.29, 0.717) is 6.42 Å². The number of aliphatic hydroxyl groups excluding tert-OH is 1. The molecule has 112 valence electrons. The van der Waals surface area contributed by atoms with E-state index >= 15 is 0 Å². The van der Waals surface area contributed by atoms with E-state index in [2.05, 4.69) is 6.92 Å². The number of fused-ring (bicyclic) bond motifs is 2. The van der Waals surface area contributed by atoms with Crippen molar-refractivity contribution in [1.29, 1.82) is 0 Å². The first kappa shape index (κ1) is 14.1. The summed E-state index contributed by atoms with van der Waals surface area (Å²) in [6.07, 6.45) is 10.0. The molecule has 0 aromatic rings. The zero-order valence-corrected chi connectivity index (χ0v) is 12.1. The third kappa shape index (κ3) is 2.63. The second-order valence-corrected chi connectivity index (χ2v) is 6.70. The number of rotatable bonds is 4. The summed E-state index contributed by atoms with van der Waals surface area (Å²) in [5, 5.41) is 9.92. The Morgan fingerprint density at radius 2 is 2.05 bits per heavy atom. The fraction of sp³-hybridized carbons (Fsp3) is 0.812. The Bertz CT molecular complexity index is 397. The maximum absolute atomic E-state index is 12.1. The topological polar surface area (TPSA) is 55.8 Å². The standard InChI is InChI=1S/C16H24O4/c1-16(7-3-2-4-8-16)20-10-19-15(18)13-9-11-5-6-12(13)14(11)17/h5-6,11-14,17H,2-4,7-10H2,1H3. The van der Waals surface area contributed by atoms with E-state index in [1.165, 1.54) is 19.3 Å². The van der Waals surface area contributed by atoms with Crippen molar-refractivity contribution in [2.75, 3.05) is 6.79 Å². The molecule has 1 N–H and O–H groups in total. The molecule has 4 heteroatoms. The summed E-state index contributed by atoms with van der Waals surface area (Å²) in [5.41, 5.74) is -0.132. The lowest BCUT2D eigenvalue weighted by Gasteiger charge is -2.33. The monoisotopic (exact) mass is 280 g/mol. The summed E-state index contributed by atoms with van der Waals surface area (Å²) in [6.45, 7) is 2.15. The van der Waals surface area contributed by atoms with E-state index in [0.717, 1.165) is 12.8 Å². The summed E-state index contributed by atoms with van der Waals surface area (Å²) < 4.78 is 11.1. The first-order valence-electron chi connectivity index (χ1n) is 7.76. The lowest BCUT2D eigenvalue weighted by Crippen LogP contribution is -2.33. The van der Waals surface area contributed by atoms with Crippen LogP contribution < -0.4 is 0 Å². The highest BCUT2D eigenvalue weighted by molar-refractivity contribution is 5.74. The van der Waals surface area contributed by atoms with E-state index < -0.39 is 6.10 Å². The minimum absolute atomic E-state index is 0.0447. The van der Waals surface area contributed by atoms with Crippen LogP contribution >= 0.6 is 0 Å². The molecule has 2 bridgehead atoms. The van der Waals surface area contributed by atoms with E-state index in [4.69, 9.17) is 9.47 Å². The molecule has 3 aliphatic rings. The van der Waals surface area contributed by atoms with Crippen molar-refractivity contribution in [3.05, 3.63) is 12.2 Å². The normalized spacial score (nSPS) is 38.1. The van der Waals surface area contributed by atoms with Crippen LogP contribution in [0.3, 0.4) is 0 Å². The molecule has 4 nitrogen and oxygen atoms in total. The van der Waals surface area contributed by atoms with Gasteiger partial charge in [-0.25, -0.2) is 0 Å². The summed E-state index contributed by atoms with van der Waals surface area (Å²) in [6, 6.07) is 0. The van der Waals surface area contributed by atoms with Gasteiger partial charge < -0.3 is 14.6 Å². The van der Waals surface area contributed by atoms with Crippen molar-refractivity contribution in [1.82, 2.24) is 0 Å². The van der Waals surface area contributed by atoms with Gasteiger partial charge >= 0.3 is 5.97 Å². The summed E-state index contributed by atoms with van der Waals surface area (Å²) in [4.78, 5) is 12.1. The van der Waals surface area contributed by atoms with Gasteiger partial charge in [-0.1, -0.05) is 31.4 Å².